The minimum absolute atomic E-state index is 0.392. The van der Waals surface area contributed by atoms with Gasteiger partial charge in [0, 0.05) is 49.8 Å². The number of anilines is 1. The topological polar surface area (TPSA) is 18.5 Å². The van der Waals surface area contributed by atoms with E-state index in [4.69, 9.17) is 0 Å². The van der Waals surface area contributed by atoms with E-state index in [-0.39, 0.29) is 0 Å². The van der Waals surface area contributed by atoms with Crippen LogP contribution in [0.2, 0.25) is 0 Å². The van der Waals surface area contributed by atoms with Crippen molar-refractivity contribution in [1.82, 2.24) is 10.2 Å². The van der Waals surface area contributed by atoms with Crippen molar-refractivity contribution in [2.75, 3.05) is 44.2 Å². The summed E-state index contributed by atoms with van der Waals surface area (Å²) in [6.45, 7) is 10.9. The molecular formula is C19H27N3S. The molecule has 1 saturated heterocycles. The first-order valence-corrected chi connectivity index (χ1v) is 9.54. The molecular weight excluding hydrogens is 302 g/mol. The SMILES string of the molecule is CCN(CC)c1ccc([C@H](c2cccs2)N2CCNCC2)cc1. The van der Waals surface area contributed by atoms with Crippen molar-refractivity contribution >= 4 is 17.0 Å². The van der Waals surface area contributed by atoms with Crippen LogP contribution in [0.5, 0.6) is 0 Å². The third-order valence-corrected chi connectivity index (χ3v) is 5.59. The fourth-order valence-corrected chi connectivity index (χ4v) is 4.28. The molecule has 1 aromatic heterocycles. The van der Waals surface area contributed by atoms with Crippen LogP contribution in [0.4, 0.5) is 5.69 Å². The molecule has 1 aliphatic rings. The maximum absolute atomic E-state index is 3.46. The van der Waals surface area contributed by atoms with Gasteiger partial charge in [0.2, 0.25) is 0 Å². The molecule has 1 fully saturated rings. The molecule has 0 amide bonds. The summed E-state index contributed by atoms with van der Waals surface area (Å²) in [4.78, 5) is 6.45. The van der Waals surface area contributed by atoms with Crippen LogP contribution in [0, 0.1) is 0 Å². The van der Waals surface area contributed by atoms with Crippen molar-refractivity contribution in [2.24, 2.45) is 0 Å². The summed E-state index contributed by atoms with van der Waals surface area (Å²) in [7, 11) is 0. The average Bonchev–Trinajstić information content (AvgIpc) is 3.13. The minimum atomic E-state index is 0.392. The number of hydrogen-bond acceptors (Lipinski definition) is 4. The van der Waals surface area contributed by atoms with E-state index in [9.17, 15) is 0 Å². The smallest absolute Gasteiger partial charge is 0.0696 e. The number of benzene rings is 1. The number of thiophene rings is 1. The van der Waals surface area contributed by atoms with Gasteiger partial charge < -0.3 is 10.2 Å². The van der Waals surface area contributed by atoms with Crippen LogP contribution in [-0.2, 0) is 0 Å². The largest absolute Gasteiger partial charge is 0.372 e. The van der Waals surface area contributed by atoms with Crippen LogP contribution in [0.25, 0.3) is 0 Å². The zero-order valence-electron chi connectivity index (χ0n) is 14.2. The van der Waals surface area contributed by atoms with Crippen LogP contribution in [-0.4, -0.2) is 44.2 Å². The minimum Gasteiger partial charge on any atom is -0.372 e. The zero-order chi connectivity index (χ0) is 16.1. The molecule has 0 radical (unpaired) electrons. The molecule has 0 aliphatic carbocycles. The van der Waals surface area contributed by atoms with Crippen LogP contribution in [0.1, 0.15) is 30.3 Å². The van der Waals surface area contributed by atoms with Crippen LogP contribution >= 0.6 is 11.3 Å². The predicted molar refractivity (Wildman–Crippen MR) is 101 cm³/mol. The summed E-state index contributed by atoms with van der Waals surface area (Å²) in [5.74, 6) is 0. The predicted octanol–water partition coefficient (Wildman–Crippen LogP) is 3.59. The highest BCUT2D eigenvalue weighted by Gasteiger charge is 2.24. The summed E-state index contributed by atoms with van der Waals surface area (Å²) in [6, 6.07) is 14.0. The Hall–Kier alpha value is -1.36. The maximum Gasteiger partial charge on any atom is 0.0696 e. The van der Waals surface area contributed by atoms with Gasteiger partial charge in [-0.2, -0.15) is 0 Å². The lowest BCUT2D eigenvalue weighted by molar-refractivity contribution is 0.200. The molecule has 23 heavy (non-hydrogen) atoms. The summed E-state index contributed by atoms with van der Waals surface area (Å²) >= 11 is 1.87. The second-order valence-corrected chi connectivity index (χ2v) is 6.95. The molecule has 0 bridgehead atoms. The summed E-state index contributed by atoms with van der Waals surface area (Å²) in [5.41, 5.74) is 2.73. The highest BCUT2D eigenvalue weighted by molar-refractivity contribution is 7.10. The van der Waals surface area contributed by atoms with Gasteiger partial charge in [-0.05, 0) is 43.0 Å². The van der Waals surface area contributed by atoms with E-state index < -0.39 is 0 Å². The van der Waals surface area contributed by atoms with Crippen LogP contribution in [0.15, 0.2) is 41.8 Å². The molecule has 1 N–H and O–H groups in total. The lowest BCUT2D eigenvalue weighted by Crippen LogP contribution is -2.45. The van der Waals surface area contributed by atoms with Crippen molar-refractivity contribution in [3.8, 4) is 0 Å². The molecule has 2 aromatic rings. The number of rotatable bonds is 6. The zero-order valence-corrected chi connectivity index (χ0v) is 15.0. The normalized spacial score (nSPS) is 17.1. The Labute approximate surface area is 143 Å². The molecule has 1 atom stereocenters. The first kappa shape index (κ1) is 16.5. The van der Waals surface area contributed by atoms with E-state index >= 15 is 0 Å². The molecule has 1 aromatic carbocycles. The lowest BCUT2D eigenvalue weighted by atomic mass is 10.0. The van der Waals surface area contributed by atoms with Gasteiger partial charge in [0.1, 0.15) is 0 Å². The first-order chi connectivity index (χ1) is 11.3. The molecule has 0 unspecified atom stereocenters. The van der Waals surface area contributed by atoms with Crippen LogP contribution in [0.3, 0.4) is 0 Å². The fraction of sp³-hybridized carbons (Fsp3) is 0.474. The Kier molecular flexibility index (Phi) is 5.70. The average molecular weight is 330 g/mol. The molecule has 3 rings (SSSR count). The van der Waals surface area contributed by atoms with Gasteiger partial charge in [-0.3, -0.25) is 4.90 Å². The monoisotopic (exact) mass is 329 g/mol. The van der Waals surface area contributed by atoms with Gasteiger partial charge in [0.05, 0.1) is 6.04 Å². The summed E-state index contributed by atoms with van der Waals surface area (Å²) < 4.78 is 0. The van der Waals surface area contributed by atoms with Crippen molar-refractivity contribution in [1.29, 1.82) is 0 Å². The molecule has 3 nitrogen and oxygen atoms in total. The standard InChI is InChI=1S/C19H27N3S/c1-3-21(4-2)17-9-7-16(8-10-17)19(18-6-5-15-23-18)22-13-11-20-12-14-22/h5-10,15,19-20H,3-4,11-14H2,1-2H3/t19-/m1/s1. The van der Waals surface area contributed by atoms with Crippen molar-refractivity contribution < 1.29 is 0 Å². The Morgan fingerprint density at radius 2 is 1.78 bits per heavy atom. The summed E-state index contributed by atoms with van der Waals surface area (Å²) in [5, 5.41) is 5.65. The molecule has 0 spiro atoms. The van der Waals surface area contributed by atoms with Gasteiger partial charge in [-0.15, -0.1) is 11.3 Å². The first-order valence-electron chi connectivity index (χ1n) is 8.66. The number of nitrogens with one attached hydrogen (secondary N) is 1. The van der Waals surface area contributed by atoms with E-state index in [0.29, 0.717) is 6.04 Å². The molecule has 4 heteroatoms. The van der Waals surface area contributed by atoms with Gasteiger partial charge in [0.25, 0.3) is 0 Å². The van der Waals surface area contributed by atoms with Gasteiger partial charge >= 0.3 is 0 Å². The van der Waals surface area contributed by atoms with Gasteiger partial charge in [-0.25, -0.2) is 0 Å². The van der Waals surface area contributed by atoms with E-state index in [1.165, 1.54) is 16.1 Å². The number of piperazine rings is 1. The van der Waals surface area contributed by atoms with Crippen LogP contribution < -0.4 is 10.2 Å². The lowest BCUT2D eigenvalue weighted by Gasteiger charge is -2.35. The maximum atomic E-state index is 3.46. The molecule has 2 heterocycles. The van der Waals surface area contributed by atoms with Crippen molar-refractivity contribution in [3.63, 3.8) is 0 Å². The number of hydrogen-bond donors (Lipinski definition) is 1. The van der Waals surface area contributed by atoms with Crippen molar-refractivity contribution in [2.45, 2.75) is 19.9 Å². The van der Waals surface area contributed by atoms with E-state index in [0.717, 1.165) is 39.3 Å². The molecule has 124 valence electrons. The van der Waals surface area contributed by atoms with E-state index in [2.05, 4.69) is 70.7 Å². The second kappa shape index (κ2) is 7.95. The van der Waals surface area contributed by atoms with Gasteiger partial charge in [0.15, 0.2) is 0 Å². The highest BCUT2D eigenvalue weighted by Crippen LogP contribution is 2.33. The highest BCUT2D eigenvalue weighted by atomic mass is 32.1. The molecule has 0 saturated carbocycles. The third kappa shape index (κ3) is 3.77. The van der Waals surface area contributed by atoms with E-state index in [1.807, 2.05) is 11.3 Å². The molecule has 1 aliphatic heterocycles. The fourth-order valence-electron chi connectivity index (χ4n) is 3.40. The Bertz CT molecular complexity index is 569. The van der Waals surface area contributed by atoms with Crippen molar-refractivity contribution in [3.05, 3.63) is 52.2 Å². The summed E-state index contributed by atoms with van der Waals surface area (Å²) in [6.07, 6.45) is 0. The Balaban J connectivity index is 1.87. The van der Waals surface area contributed by atoms with E-state index in [1.54, 1.807) is 0 Å². The Morgan fingerprint density at radius 1 is 1.09 bits per heavy atom. The van der Waals surface area contributed by atoms with Gasteiger partial charge in [-0.1, -0.05) is 18.2 Å². The second-order valence-electron chi connectivity index (χ2n) is 5.97. The number of nitrogens with zero attached hydrogens (tertiary/aromatic N) is 2. The Morgan fingerprint density at radius 3 is 2.35 bits per heavy atom. The third-order valence-electron chi connectivity index (χ3n) is 4.67. The quantitative estimate of drug-likeness (QED) is 0.874.